The van der Waals surface area contributed by atoms with Gasteiger partial charge in [-0.1, -0.05) is 0 Å². The van der Waals surface area contributed by atoms with Crippen LogP contribution >= 0.6 is 0 Å². The summed E-state index contributed by atoms with van der Waals surface area (Å²) in [6.07, 6.45) is 6.49. The number of carbonyl (C=O) groups excluding carboxylic acids is 2. The van der Waals surface area contributed by atoms with Gasteiger partial charge in [0.15, 0.2) is 0 Å². The van der Waals surface area contributed by atoms with E-state index in [2.05, 4.69) is 0 Å². The minimum atomic E-state index is -2.34. The third kappa shape index (κ3) is 1.63. The summed E-state index contributed by atoms with van der Waals surface area (Å²) < 4.78 is 0.958. The number of hydrogen-bond acceptors (Lipinski definition) is 2. The Bertz CT molecular complexity index is 441. The van der Waals surface area contributed by atoms with Gasteiger partial charge in [0.2, 0.25) is 0 Å². The normalized spacial score (nSPS) is 17.2. The van der Waals surface area contributed by atoms with E-state index in [4.69, 9.17) is 0 Å². The maximum atomic E-state index is 11.1. The zero-order valence-corrected chi connectivity index (χ0v) is 10.6. The van der Waals surface area contributed by atoms with Crippen molar-refractivity contribution in [1.29, 1.82) is 0 Å². The van der Waals surface area contributed by atoms with Gasteiger partial charge in [-0.05, 0) is 0 Å². The molecule has 0 saturated heterocycles. The van der Waals surface area contributed by atoms with Gasteiger partial charge in [-0.25, -0.2) is 0 Å². The first kappa shape index (κ1) is 11.4. The summed E-state index contributed by atoms with van der Waals surface area (Å²) in [5.41, 5.74) is 0. The molecule has 1 aliphatic carbocycles. The molecule has 0 atom stereocenters. The summed E-state index contributed by atoms with van der Waals surface area (Å²) >= 11 is -2.34. The Balaban J connectivity index is 3.53. The van der Waals surface area contributed by atoms with E-state index >= 15 is 0 Å². The van der Waals surface area contributed by atoms with Crippen molar-refractivity contribution in [3.8, 4) is 0 Å². The molecule has 0 N–H and O–H groups in total. The molecule has 0 amide bonds. The summed E-state index contributed by atoms with van der Waals surface area (Å²) in [7, 11) is 0. The molecule has 1 aliphatic rings. The SMILES string of the molecule is C[Si](C)(C)[Co](=[C]=O)(=[C]=O)[C]1=CC=CC1. The quantitative estimate of drug-likeness (QED) is 0.705. The Labute approximate surface area is 86.0 Å². The predicted octanol–water partition coefficient (Wildman–Crippen LogP) is 1.95. The first-order chi connectivity index (χ1) is 6.48. The molecule has 79 valence electrons. The van der Waals surface area contributed by atoms with Crippen LogP contribution in [0.5, 0.6) is 0 Å². The molecule has 0 aromatic rings. The topological polar surface area (TPSA) is 34.1 Å². The zero-order valence-electron chi connectivity index (χ0n) is 8.59. The molecular weight excluding hydrogens is 239 g/mol. The van der Waals surface area contributed by atoms with Crippen molar-refractivity contribution < 1.29 is 20.7 Å². The van der Waals surface area contributed by atoms with Crippen LogP contribution in [0.15, 0.2) is 22.7 Å². The zero-order chi connectivity index (χ0) is 10.8. The minimum absolute atomic E-state index is 0.724. The summed E-state index contributed by atoms with van der Waals surface area (Å²) in [4.78, 5) is 26.3. The van der Waals surface area contributed by atoms with Crippen molar-refractivity contribution in [2.24, 2.45) is 0 Å². The average Bonchev–Trinajstić information content (AvgIpc) is 2.58. The van der Waals surface area contributed by atoms with Crippen molar-refractivity contribution in [2.75, 3.05) is 0 Å². The molecule has 14 heavy (non-hydrogen) atoms. The Morgan fingerprint density at radius 3 is 2.14 bits per heavy atom. The van der Waals surface area contributed by atoms with Crippen LogP contribution in [-0.4, -0.2) is 16.4 Å². The van der Waals surface area contributed by atoms with Gasteiger partial charge in [0.25, 0.3) is 0 Å². The van der Waals surface area contributed by atoms with Crippen LogP contribution in [0, 0.1) is 0 Å². The van der Waals surface area contributed by atoms with E-state index in [1.54, 1.807) is 0 Å². The monoisotopic (exact) mass is 253 g/mol. The van der Waals surface area contributed by atoms with Gasteiger partial charge in [-0.3, -0.25) is 0 Å². The van der Waals surface area contributed by atoms with Crippen molar-refractivity contribution in [3.05, 3.63) is 22.7 Å². The molecule has 0 bridgehead atoms. The fraction of sp³-hybridized carbons (Fsp3) is 0.400. The standard InChI is InChI=1S/C5H5.C3H9Si.2CO.Co/c1-2-4-5-3-1;1-4(2)3;2*1-2;/h1-3H,4H2;1-3H3;;;. The van der Waals surface area contributed by atoms with Crippen molar-refractivity contribution in [3.63, 3.8) is 0 Å². The van der Waals surface area contributed by atoms with Crippen LogP contribution < -0.4 is 0 Å². The fourth-order valence-corrected chi connectivity index (χ4v) is 8.82. The molecule has 4 heteroatoms. The molecule has 1 rings (SSSR count). The van der Waals surface area contributed by atoms with Crippen LogP contribution in [0.25, 0.3) is 0 Å². The number of hydrogen-bond donors (Lipinski definition) is 0. The molecule has 0 aromatic carbocycles. The second-order valence-electron chi connectivity index (χ2n) is 3.85. The van der Waals surface area contributed by atoms with E-state index in [9.17, 15) is 9.59 Å². The van der Waals surface area contributed by atoms with E-state index in [-0.39, 0.29) is 0 Å². The molecule has 0 radical (unpaired) electrons. The van der Waals surface area contributed by atoms with Gasteiger partial charge in [-0.15, -0.1) is 0 Å². The second-order valence-corrected chi connectivity index (χ2v) is 17.3. The maximum absolute atomic E-state index is 11.1. The molecular formula is C10H14CoO2Si. The summed E-state index contributed by atoms with van der Waals surface area (Å²) in [6, 6.07) is 0. The third-order valence-corrected chi connectivity index (χ3v) is 14.0. The average molecular weight is 253 g/mol. The molecule has 0 unspecified atom stereocenters. The van der Waals surface area contributed by atoms with Crippen molar-refractivity contribution >= 4 is 16.4 Å². The van der Waals surface area contributed by atoms with Crippen molar-refractivity contribution in [2.45, 2.75) is 26.1 Å². The van der Waals surface area contributed by atoms with Crippen LogP contribution in [0.4, 0.5) is 0 Å². The van der Waals surface area contributed by atoms with Gasteiger partial charge in [0.1, 0.15) is 0 Å². The first-order valence-corrected chi connectivity index (χ1v) is 10.7. The molecule has 0 heterocycles. The Kier molecular flexibility index (Phi) is 3.15. The molecule has 0 fully saturated rings. The summed E-state index contributed by atoms with van der Waals surface area (Å²) in [5.74, 6) is 0. The van der Waals surface area contributed by atoms with Crippen LogP contribution in [0.3, 0.4) is 0 Å². The van der Waals surface area contributed by atoms with Crippen molar-refractivity contribution in [1.82, 2.24) is 0 Å². The molecule has 0 saturated carbocycles. The van der Waals surface area contributed by atoms with Gasteiger partial charge in [-0.2, -0.15) is 0 Å². The summed E-state index contributed by atoms with van der Waals surface area (Å²) in [6.45, 7) is 4.26. The molecule has 0 aliphatic heterocycles. The number of allylic oxidation sites excluding steroid dienone is 4. The van der Waals surface area contributed by atoms with Crippen LogP contribution in [-0.2, 0) is 20.7 Å². The van der Waals surface area contributed by atoms with Gasteiger partial charge in [0, 0.05) is 0 Å². The third-order valence-electron chi connectivity index (χ3n) is 1.98. The predicted molar refractivity (Wildman–Crippen MR) is 56.6 cm³/mol. The molecule has 0 aromatic heterocycles. The van der Waals surface area contributed by atoms with Gasteiger partial charge < -0.3 is 0 Å². The van der Waals surface area contributed by atoms with Gasteiger partial charge >= 0.3 is 85.9 Å². The first-order valence-electron chi connectivity index (χ1n) is 4.29. The summed E-state index contributed by atoms with van der Waals surface area (Å²) in [5, 5.41) is 0. The van der Waals surface area contributed by atoms with E-state index in [1.807, 2.05) is 47.5 Å². The van der Waals surface area contributed by atoms with E-state index < -0.39 is 17.8 Å². The molecule has 0 spiro atoms. The van der Waals surface area contributed by atoms with E-state index in [0.29, 0.717) is 0 Å². The fourth-order valence-electron chi connectivity index (χ4n) is 1.22. The van der Waals surface area contributed by atoms with Crippen LogP contribution in [0.2, 0.25) is 19.6 Å². The Morgan fingerprint density at radius 2 is 1.86 bits per heavy atom. The Hall–Kier alpha value is -0.637. The van der Waals surface area contributed by atoms with E-state index in [0.717, 1.165) is 10.9 Å². The van der Waals surface area contributed by atoms with E-state index in [1.165, 1.54) is 0 Å². The number of rotatable bonds is 2. The molecule has 2 nitrogen and oxygen atoms in total. The van der Waals surface area contributed by atoms with Crippen LogP contribution in [0.1, 0.15) is 6.42 Å². The van der Waals surface area contributed by atoms with Gasteiger partial charge in [0.05, 0.1) is 0 Å². The Morgan fingerprint density at radius 1 is 1.29 bits per heavy atom. The second kappa shape index (κ2) is 3.85.